The van der Waals surface area contributed by atoms with Crippen molar-refractivity contribution in [2.75, 3.05) is 46.3 Å². The maximum absolute atomic E-state index is 12.6. The van der Waals surface area contributed by atoms with E-state index in [1.165, 1.54) is 27.4 Å². The van der Waals surface area contributed by atoms with Crippen LogP contribution in [0.15, 0.2) is 42.5 Å². The number of hydrogen-bond donors (Lipinski definition) is 1. The summed E-state index contributed by atoms with van der Waals surface area (Å²) in [7, 11) is 4.31. The number of amides is 2. The number of nitrogens with zero attached hydrogens (tertiary/aromatic N) is 1. The van der Waals surface area contributed by atoms with Crippen LogP contribution in [-0.2, 0) is 14.3 Å². The first-order valence-electron chi connectivity index (χ1n) is 10.6. The van der Waals surface area contributed by atoms with Gasteiger partial charge in [-0.15, -0.1) is 0 Å². The van der Waals surface area contributed by atoms with Crippen molar-refractivity contribution < 1.29 is 33.3 Å². The largest absolute Gasteiger partial charge is 0.493 e. The van der Waals surface area contributed by atoms with Gasteiger partial charge in [0.2, 0.25) is 11.7 Å². The molecule has 0 atom stereocenters. The molecule has 2 amide bonds. The van der Waals surface area contributed by atoms with E-state index in [-0.39, 0.29) is 34.8 Å². The summed E-state index contributed by atoms with van der Waals surface area (Å²) in [6.07, 6.45) is 1.09. The van der Waals surface area contributed by atoms with Crippen LogP contribution >= 0.6 is 0 Å². The first-order valence-corrected chi connectivity index (χ1v) is 10.6. The van der Waals surface area contributed by atoms with Gasteiger partial charge in [-0.1, -0.05) is 18.2 Å². The fraction of sp³-hybridized carbons (Fsp3) is 0.375. The number of hydrogen-bond acceptors (Lipinski definition) is 7. The molecule has 1 fully saturated rings. The van der Waals surface area contributed by atoms with Crippen LogP contribution in [0.25, 0.3) is 0 Å². The smallest absolute Gasteiger partial charge is 0.342 e. The van der Waals surface area contributed by atoms with Crippen LogP contribution in [0.5, 0.6) is 17.2 Å². The van der Waals surface area contributed by atoms with Gasteiger partial charge < -0.3 is 29.2 Å². The Morgan fingerprint density at radius 1 is 0.909 bits per heavy atom. The third kappa shape index (κ3) is 5.74. The Hall–Kier alpha value is -3.75. The summed E-state index contributed by atoms with van der Waals surface area (Å²) in [6, 6.07) is 12.3. The van der Waals surface area contributed by atoms with Gasteiger partial charge in [0.05, 0.1) is 21.3 Å². The molecule has 0 radical (unpaired) electrons. The zero-order valence-electron chi connectivity index (χ0n) is 19.0. The van der Waals surface area contributed by atoms with Crippen molar-refractivity contribution >= 4 is 23.5 Å². The summed E-state index contributed by atoms with van der Waals surface area (Å²) in [5.41, 5.74) is 0.873. The van der Waals surface area contributed by atoms with Crippen LogP contribution in [-0.4, -0.2) is 63.7 Å². The number of methoxy groups -OCH3 is 3. The van der Waals surface area contributed by atoms with E-state index in [1.807, 2.05) is 30.3 Å². The van der Waals surface area contributed by atoms with Crippen LogP contribution in [0.4, 0.5) is 5.69 Å². The molecule has 0 bridgehead atoms. The standard InChI is InChI=1S/C24H28N2O7/c1-30-19-10-9-18(21(31-2)22(19)32-3)24(29)33-15-20(27)26-13-11-16(12-14-26)23(28)25-17-7-5-4-6-8-17/h4-10,16H,11-15H2,1-3H3,(H,25,28). The average Bonchev–Trinajstić information content (AvgIpc) is 2.86. The SMILES string of the molecule is COc1ccc(C(=O)OCC(=O)N2CCC(C(=O)Nc3ccccc3)CC2)c(OC)c1OC. The molecule has 1 heterocycles. The minimum absolute atomic E-state index is 0.0553. The second-order valence-corrected chi connectivity index (χ2v) is 7.47. The third-order valence-electron chi connectivity index (χ3n) is 5.51. The highest BCUT2D eigenvalue weighted by molar-refractivity contribution is 5.95. The number of carbonyl (C=O) groups is 3. The van der Waals surface area contributed by atoms with Gasteiger partial charge in [-0.3, -0.25) is 9.59 Å². The summed E-state index contributed by atoms with van der Waals surface area (Å²) in [4.78, 5) is 39.2. The van der Waals surface area contributed by atoms with E-state index < -0.39 is 12.6 Å². The lowest BCUT2D eigenvalue weighted by Crippen LogP contribution is -2.43. The predicted octanol–water partition coefficient (Wildman–Crippen LogP) is 2.75. The van der Waals surface area contributed by atoms with Gasteiger partial charge in [-0.2, -0.15) is 0 Å². The molecule has 176 valence electrons. The van der Waals surface area contributed by atoms with Crippen LogP contribution in [0.3, 0.4) is 0 Å². The van der Waals surface area contributed by atoms with E-state index in [1.54, 1.807) is 11.0 Å². The summed E-state index contributed by atoms with van der Waals surface area (Å²) in [5.74, 6) is -0.423. The normalized spacial score (nSPS) is 13.7. The van der Waals surface area contributed by atoms with Gasteiger partial charge in [-0.25, -0.2) is 4.79 Å². The van der Waals surface area contributed by atoms with Crippen molar-refractivity contribution in [2.24, 2.45) is 5.92 Å². The summed E-state index contributed by atoms with van der Waals surface area (Å²) in [6.45, 7) is 0.434. The van der Waals surface area contributed by atoms with Crippen molar-refractivity contribution in [1.29, 1.82) is 0 Å². The van der Waals surface area contributed by atoms with Crippen molar-refractivity contribution in [3.05, 3.63) is 48.0 Å². The molecule has 2 aromatic carbocycles. The topological polar surface area (TPSA) is 103 Å². The Labute approximate surface area is 192 Å². The van der Waals surface area contributed by atoms with Crippen molar-refractivity contribution in [3.8, 4) is 17.2 Å². The number of anilines is 1. The number of likely N-dealkylation sites (tertiary alicyclic amines) is 1. The summed E-state index contributed by atoms with van der Waals surface area (Å²) >= 11 is 0. The number of piperidine rings is 1. The zero-order valence-corrected chi connectivity index (χ0v) is 19.0. The highest BCUT2D eigenvalue weighted by atomic mass is 16.5. The molecular formula is C24H28N2O7. The van der Waals surface area contributed by atoms with E-state index >= 15 is 0 Å². The Bertz CT molecular complexity index is 986. The number of nitrogens with one attached hydrogen (secondary N) is 1. The van der Waals surface area contributed by atoms with Crippen molar-refractivity contribution in [1.82, 2.24) is 4.90 Å². The number of ether oxygens (including phenoxy) is 4. The average molecular weight is 456 g/mol. The predicted molar refractivity (Wildman–Crippen MR) is 121 cm³/mol. The Morgan fingerprint density at radius 3 is 2.18 bits per heavy atom. The number of esters is 1. The first-order chi connectivity index (χ1) is 16.0. The van der Waals surface area contributed by atoms with E-state index in [0.29, 0.717) is 31.7 Å². The quantitative estimate of drug-likeness (QED) is 0.609. The second-order valence-electron chi connectivity index (χ2n) is 7.47. The number of benzene rings is 2. The maximum atomic E-state index is 12.6. The van der Waals surface area contributed by atoms with E-state index in [2.05, 4.69) is 5.32 Å². The van der Waals surface area contributed by atoms with Gasteiger partial charge >= 0.3 is 5.97 Å². The minimum Gasteiger partial charge on any atom is -0.493 e. The second kappa shape index (κ2) is 11.2. The molecule has 2 aromatic rings. The molecule has 0 saturated carbocycles. The monoisotopic (exact) mass is 456 g/mol. The molecular weight excluding hydrogens is 428 g/mol. The Balaban J connectivity index is 1.52. The fourth-order valence-electron chi connectivity index (χ4n) is 3.72. The molecule has 1 aliphatic heterocycles. The van der Waals surface area contributed by atoms with E-state index in [4.69, 9.17) is 18.9 Å². The zero-order chi connectivity index (χ0) is 23.8. The molecule has 33 heavy (non-hydrogen) atoms. The van der Waals surface area contributed by atoms with Crippen LogP contribution < -0.4 is 19.5 Å². The molecule has 0 unspecified atom stereocenters. The number of carbonyl (C=O) groups excluding carboxylic acids is 3. The van der Waals surface area contributed by atoms with Gasteiger partial charge in [0, 0.05) is 24.7 Å². The molecule has 1 aliphatic rings. The van der Waals surface area contributed by atoms with Crippen molar-refractivity contribution in [2.45, 2.75) is 12.8 Å². The highest BCUT2D eigenvalue weighted by Gasteiger charge is 2.28. The van der Waals surface area contributed by atoms with Crippen LogP contribution in [0, 0.1) is 5.92 Å². The van der Waals surface area contributed by atoms with E-state index in [0.717, 1.165) is 5.69 Å². The van der Waals surface area contributed by atoms with Crippen molar-refractivity contribution in [3.63, 3.8) is 0 Å². The van der Waals surface area contributed by atoms with Gasteiger partial charge in [0.15, 0.2) is 18.1 Å². The summed E-state index contributed by atoms with van der Waals surface area (Å²) < 4.78 is 21.0. The number of rotatable bonds is 8. The lowest BCUT2D eigenvalue weighted by Gasteiger charge is -2.31. The molecule has 0 aromatic heterocycles. The lowest BCUT2D eigenvalue weighted by atomic mass is 9.95. The molecule has 3 rings (SSSR count). The number of para-hydroxylation sites is 1. The third-order valence-corrected chi connectivity index (χ3v) is 5.51. The first kappa shape index (κ1) is 23.9. The summed E-state index contributed by atoms with van der Waals surface area (Å²) in [5, 5.41) is 2.90. The molecule has 0 aliphatic carbocycles. The van der Waals surface area contributed by atoms with Gasteiger partial charge in [-0.05, 0) is 37.1 Å². The molecule has 0 spiro atoms. The molecule has 1 saturated heterocycles. The molecule has 1 N–H and O–H groups in total. The maximum Gasteiger partial charge on any atom is 0.342 e. The molecule has 9 nitrogen and oxygen atoms in total. The lowest BCUT2D eigenvalue weighted by molar-refractivity contribution is -0.137. The minimum atomic E-state index is -0.710. The van der Waals surface area contributed by atoms with Gasteiger partial charge in [0.25, 0.3) is 5.91 Å². The fourth-order valence-corrected chi connectivity index (χ4v) is 3.72. The van der Waals surface area contributed by atoms with Crippen LogP contribution in [0.2, 0.25) is 0 Å². The molecule has 9 heteroatoms. The van der Waals surface area contributed by atoms with Crippen LogP contribution in [0.1, 0.15) is 23.2 Å². The van der Waals surface area contributed by atoms with E-state index in [9.17, 15) is 14.4 Å². The Morgan fingerprint density at radius 2 is 1.58 bits per heavy atom. The van der Waals surface area contributed by atoms with Gasteiger partial charge in [0.1, 0.15) is 5.56 Å². The Kier molecular flexibility index (Phi) is 8.12. The highest BCUT2D eigenvalue weighted by Crippen LogP contribution is 2.40.